The Bertz CT molecular complexity index is 690. The van der Waals surface area contributed by atoms with Gasteiger partial charge in [0.2, 0.25) is 10.0 Å². The van der Waals surface area contributed by atoms with Crippen LogP contribution in [0.5, 0.6) is 5.75 Å². The number of carbonyl (C=O) groups excluding carboxylic acids is 1. The highest BCUT2D eigenvalue weighted by atomic mass is 32.2. The number of primary amides is 1. The van der Waals surface area contributed by atoms with Crippen LogP contribution in [-0.2, 0) is 10.0 Å². The molecule has 8 heteroatoms. The quantitative estimate of drug-likeness (QED) is 0.811. The average Bonchev–Trinajstić information content (AvgIpc) is 2.53. The number of sulfonamides is 1. The van der Waals surface area contributed by atoms with Gasteiger partial charge in [0.05, 0.1) is 17.6 Å². The molecular formula is C15H23N3O4S. The zero-order valence-corrected chi connectivity index (χ0v) is 14.2. The van der Waals surface area contributed by atoms with Crippen molar-refractivity contribution in [3.8, 4) is 5.75 Å². The SMILES string of the molecule is COc1ccc(S(=O)(=O)N2CCC(C)CC2CN)cc1C(N)=O. The third kappa shape index (κ3) is 3.49. The lowest BCUT2D eigenvalue weighted by atomic mass is 9.94. The predicted octanol–water partition coefficient (Wildman–Crippen LogP) is 0.542. The maximum Gasteiger partial charge on any atom is 0.252 e. The number of piperidine rings is 1. The first-order valence-corrected chi connectivity index (χ1v) is 8.95. The first kappa shape index (κ1) is 17.7. The molecule has 1 aliphatic rings. The summed E-state index contributed by atoms with van der Waals surface area (Å²) in [6.45, 7) is 2.77. The van der Waals surface area contributed by atoms with E-state index in [1.807, 2.05) is 0 Å². The first-order valence-electron chi connectivity index (χ1n) is 7.51. The molecule has 0 aliphatic carbocycles. The molecule has 1 heterocycles. The summed E-state index contributed by atoms with van der Waals surface area (Å²) in [5, 5.41) is 0. The van der Waals surface area contributed by atoms with Crippen LogP contribution in [0.2, 0.25) is 0 Å². The van der Waals surface area contributed by atoms with E-state index in [0.717, 1.165) is 12.8 Å². The number of ether oxygens (including phenoxy) is 1. The number of nitrogens with two attached hydrogens (primary N) is 2. The molecule has 0 saturated carbocycles. The molecule has 1 saturated heterocycles. The van der Waals surface area contributed by atoms with Gasteiger partial charge in [0, 0.05) is 19.1 Å². The van der Waals surface area contributed by atoms with Crippen molar-refractivity contribution in [3.05, 3.63) is 23.8 Å². The molecule has 1 aliphatic heterocycles. The van der Waals surface area contributed by atoms with Crippen molar-refractivity contribution in [1.29, 1.82) is 0 Å². The molecule has 2 rings (SSSR count). The average molecular weight is 341 g/mol. The molecular weight excluding hydrogens is 318 g/mol. The topological polar surface area (TPSA) is 116 Å². The van der Waals surface area contributed by atoms with Crippen LogP contribution in [0.1, 0.15) is 30.1 Å². The van der Waals surface area contributed by atoms with Crippen LogP contribution < -0.4 is 16.2 Å². The summed E-state index contributed by atoms with van der Waals surface area (Å²) in [7, 11) is -2.34. The van der Waals surface area contributed by atoms with Gasteiger partial charge in [-0.05, 0) is 37.0 Å². The number of methoxy groups -OCH3 is 1. The number of hydrogen-bond donors (Lipinski definition) is 2. The van der Waals surface area contributed by atoms with E-state index in [4.69, 9.17) is 16.2 Å². The number of carbonyl (C=O) groups is 1. The Morgan fingerprint density at radius 3 is 2.70 bits per heavy atom. The molecule has 128 valence electrons. The van der Waals surface area contributed by atoms with E-state index >= 15 is 0 Å². The monoisotopic (exact) mass is 341 g/mol. The molecule has 0 aromatic heterocycles. The van der Waals surface area contributed by atoms with Crippen LogP contribution >= 0.6 is 0 Å². The molecule has 1 aromatic carbocycles. The van der Waals surface area contributed by atoms with Gasteiger partial charge in [0.1, 0.15) is 5.75 Å². The van der Waals surface area contributed by atoms with Crippen LogP contribution in [0.3, 0.4) is 0 Å². The van der Waals surface area contributed by atoms with Gasteiger partial charge >= 0.3 is 0 Å². The van der Waals surface area contributed by atoms with E-state index in [2.05, 4.69) is 6.92 Å². The Morgan fingerprint density at radius 1 is 1.43 bits per heavy atom. The van der Waals surface area contributed by atoms with Crippen molar-refractivity contribution in [2.45, 2.75) is 30.7 Å². The second-order valence-corrected chi connectivity index (χ2v) is 7.75. The smallest absolute Gasteiger partial charge is 0.252 e. The lowest BCUT2D eigenvalue weighted by Crippen LogP contribution is -2.49. The zero-order chi connectivity index (χ0) is 17.2. The van der Waals surface area contributed by atoms with Gasteiger partial charge in [-0.2, -0.15) is 4.31 Å². The van der Waals surface area contributed by atoms with Crippen molar-refractivity contribution in [3.63, 3.8) is 0 Å². The van der Waals surface area contributed by atoms with Crippen LogP contribution in [0, 0.1) is 5.92 Å². The van der Waals surface area contributed by atoms with Crippen LogP contribution in [0.25, 0.3) is 0 Å². The van der Waals surface area contributed by atoms with Gasteiger partial charge in [0.15, 0.2) is 0 Å². The van der Waals surface area contributed by atoms with Gasteiger partial charge < -0.3 is 16.2 Å². The highest BCUT2D eigenvalue weighted by molar-refractivity contribution is 7.89. The molecule has 0 spiro atoms. The minimum atomic E-state index is -3.74. The normalized spacial score (nSPS) is 22.7. The third-order valence-electron chi connectivity index (χ3n) is 4.24. The Kier molecular flexibility index (Phi) is 5.28. The zero-order valence-electron chi connectivity index (χ0n) is 13.4. The molecule has 1 fully saturated rings. The Balaban J connectivity index is 2.43. The molecule has 0 bridgehead atoms. The van der Waals surface area contributed by atoms with Gasteiger partial charge in [-0.3, -0.25) is 4.79 Å². The van der Waals surface area contributed by atoms with Crippen LogP contribution in [-0.4, -0.2) is 44.9 Å². The molecule has 23 heavy (non-hydrogen) atoms. The fourth-order valence-corrected chi connectivity index (χ4v) is 4.62. The highest BCUT2D eigenvalue weighted by Crippen LogP contribution is 2.30. The van der Waals surface area contributed by atoms with Gasteiger partial charge in [-0.25, -0.2) is 8.42 Å². The number of nitrogens with zero attached hydrogens (tertiary/aromatic N) is 1. The lowest BCUT2D eigenvalue weighted by Gasteiger charge is -2.36. The second-order valence-electron chi connectivity index (χ2n) is 5.86. The van der Waals surface area contributed by atoms with Crippen molar-refractivity contribution in [2.24, 2.45) is 17.4 Å². The second kappa shape index (κ2) is 6.86. The summed E-state index contributed by atoms with van der Waals surface area (Å²) in [5.41, 5.74) is 11.1. The summed E-state index contributed by atoms with van der Waals surface area (Å²) in [4.78, 5) is 11.5. The summed E-state index contributed by atoms with van der Waals surface area (Å²) < 4.78 is 32.3. The highest BCUT2D eigenvalue weighted by Gasteiger charge is 2.35. The van der Waals surface area contributed by atoms with Crippen LogP contribution in [0.4, 0.5) is 0 Å². The van der Waals surface area contributed by atoms with E-state index < -0.39 is 15.9 Å². The van der Waals surface area contributed by atoms with Crippen LogP contribution in [0.15, 0.2) is 23.1 Å². The maximum absolute atomic E-state index is 12.9. The van der Waals surface area contributed by atoms with E-state index in [1.54, 1.807) is 0 Å². The Morgan fingerprint density at radius 2 is 2.13 bits per heavy atom. The van der Waals surface area contributed by atoms with E-state index in [1.165, 1.54) is 29.6 Å². The Hall–Kier alpha value is -1.64. The van der Waals surface area contributed by atoms with Gasteiger partial charge in [-0.1, -0.05) is 6.92 Å². The standard InChI is InChI=1S/C15H23N3O4S/c1-10-5-6-18(11(7-10)9-16)23(20,21)12-3-4-14(22-2)13(8-12)15(17)19/h3-4,8,10-11H,5-7,9,16H2,1-2H3,(H2,17,19). The summed E-state index contributed by atoms with van der Waals surface area (Å²) >= 11 is 0. The van der Waals surface area contributed by atoms with E-state index in [0.29, 0.717) is 12.5 Å². The minimum Gasteiger partial charge on any atom is -0.496 e. The largest absolute Gasteiger partial charge is 0.496 e. The van der Waals surface area contributed by atoms with Crippen molar-refractivity contribution in [2.75, 3.05) is 20.2 Å². The van der Waals surface area contributed by atoms with E-state index in [-0.39, 0.29) is 28.8 Å². The predicted molar refractivity (Wildman–Crippen MR) is 86.6 cm³/mol. The molecule has 7 nitrogen and oxygen atoms in total. The molecule has 2 unspecified atom stereocenters. The molecule has 1 aromatic rings. The van der Waals surface area contributed by atoms with Crippen molar-refractivity contribution in [1.82, 2.24) is 4.31 Å². The van der Waals surface area contributed by atoms with Crippen molar-refractivity contribution >= 4 is 15.9 Å². The van der Waals surface area contributed by atoms with Gasteiger partial charge in [-0.15, -0.1) is 0 Å². The van der Waals surface area contributed by atoms with E-state index in [9.17, 15) is 13.2 Å². The lowest BCUT2D eigenvalue weighted by molar-refractivity contribution is 0.0997. The molecule has 2 atom stereocenters. The number of amides is 1. The number of hydrogen-bond acceptors (Lipinski definition) is 5. The minimum absolute atomic E-state index is 0.0279. The molecule has 0 radical (unpaired) electrons. The summed E-state index contributed by atoms with van der Waals surface area (Å²) in [6, 6.07) is 3.90. The fraction of sp³-hybridized carbons (Fsp3) is 0.533. The number of benzene rings is 1. The number of rotatable bonds is 5. The summed E-state index contributed by atoms with van der Waals surface area (Å²) in [5.74, 6) is -0.0484. The maximum atomic E-state index is 12.9. The molecule has 1 amide bonds. The van der Waals surface area contributed by atoms with Crippen molar-refractivity contribution < 1.29 is 17.9 Å². The Labute approximate surface area is 136 Å². The first-order chi connectivity index (χ1) is 10.8. The third-order valence-corrected chi connectivity index (χ3v) is 6.19. The van der Waals surface area contributed by atoms with Gasteiger partial charge in [0.25, 0.3) is 5.91 Å². The summed E-state index contributed by atoms with van der Waals surface area (Å²) in [6.07, 6.45) is 1.52. The molecule has 4 N–H and O–H groups in total. The fourth-order valence-electron chi connectivity index (χ4n) is 2.94.